The number of oxazole rings is 1. The van der Waals surface area contributed by atoms with E-state index in [4.69, 9.17) is 20.8 Å². The average Bonchev–Trinajstić information content (AvgIpc) is 3.04. The Balaban J connectivity index is 1.62. The normalized spacial score (nSPS) is 18.5. The van der Waals surface area contributed by atoms with E-state index in [0.717, 1.165) is 30.7 Å². The fourth-order valence-corrected chi connectivity index (χ4v) is 3.10. The lowest BCUT2D eigenvalue weighted by atomic mass is 9.98. The highest BCUT2D eigenvalue weighted by molar-refractivity contribution is 6.30. The van der Waals surface area contributed by atoms with Crippen molar-refractivity contribution in [3.05, 3.63) is 41.4 Å². The predicted molar refractivity (Wildman–Crippen MR) is 91.6 cm³/mol. The molecule has 0 bridgehead atoms. The fraction of sp³-hybridized carbons (Fsp3) is 0.444. The topological polar surface area (TPSA) is 55.6 Å². The third-order valence-corrected chi connectivity index (χ3v) is 4.42. The molecular formula is C18H21ClN2O3. The molecule has 1 aromatic carbocycles. The third-order valence-electron chi connectivity index (χ3n) is 4.17. The van der Waals surface area contributed by atoms with E-state index in [1.165, 1.54) is 0 Å². The van der Waals surface area contributed by atoms with Crippen LogP contribution in [-0.2, 0) is 16.1 Å². The van der Waals surface area contributed by atoms with Crippen molar-refractivity contribution in [2.45, 2.75) is 26.3 Å². The van der Waals surface area contributed by atoms with Crippen molar-refractivity contribution in [3.8, 4) is 11.3 Å². The summed E-state index contributed by atoms with van der Waals surface area (Å²) in [5.74, 6) is 1.23. The highest BCUT2D eigenvalue weighted by Crippen LogP contribution is 2.24. The molecule has 1 saturated heterocycles. The van der Waals surface area contributed by atoms with E-state index in [1.54, 1.807) is 6.20 Å². The number of nitrogens with zero attached hydrogens (tertiary/aromatic N) is 2. The molecule has 0 saturated carbocycles. The Morgan fingerprint density at radius 1 is 1.42 bits per heavy atom. The van der Waals surface area contributed by atoms with Gasteiger partial charge in [0.05, 0.1) is 25.3 Å². The molecule has 0 N–H and O–H groups in total. The number of piperidine rings is 1. The number of likely N-dealkylation sites (tertiary alicyclic amines) is 1. The average molecular weight is 349 g/mol. The van der Waals surface area contributed by atoms with Crippen molar-refractivity contribution in [1.82, 2.24) is 9.88 Å². The molecule has 1 unspecified atom stereocenters. The first-order valence-corrected chi connectivity index (χ1v) is 8.63. The Kier molecular flexibility index (Phi) is 5.53. The van der Waals surface area contributed by atoms with E-state index in [-0.39, 0.29) is 11.9 Å². The number of aromatic nitrogens is 1. The van der Waals surface area contributed by atoms with Crippen LogP contribution < -0.4 is 0 Å². The molecule has 1 fully saturated rings. The molecule has 5 nitrogen and oxygen atoms in total. The second-order valence-electron chi connectivity index (χ2n) is 5.95. The summed E-state index contributed by atoms with van der Waals surface area (Å²) in [4.78, 5) is 18.5. The van der Waals surface area contributed by atoms with Crippen molar-refractivity contribution in [3.63, 3.8) is 0 Å². The molecule has 0 spiro atoms. The van der Waals surface area contributed by atoms with Gasteiger partial charge in [0, 0.05) is 17.1 Å². The highest BCUT2D eigenvalue weighted by atomic mass is 35.5. The van der Waals surface area contributed by atoms with E-state index in [1.807, 2.05) is 31.2 Å². The maximum Gasteiger partial charge on any atom is 0.310 e. The first-order chi connectivity index (χ1) is 11.7. The molecule has 1 aliphatic heterocycles. The molecule has 3 rings (SSSR count). The Morgan fingerprint density at radius 2 is 2.21 bits per heavy atom. The third kappa shape index (κ3) is 4.16. The van der Waals surface area contributed by atoms with E-state index >= 15 is 0 Å². The molecule has 128 valence electrons. The molecule has 0 amide bonds. The number of esters is 1. The molecule has 1 aromatic heterocycles. The van der Waals surface area contributed by atoms with Crippen LogP contribution in [0, 0.1) is 5.92 Å². The van der Waals surface area contributed by atoms with Gasteiger partial charge < -0.3 is 9.15 Å². The minimum absolute atomic E-state index is 0.0515. The lowest BCUT2D eigenvalue weighted by Crippen LogP contribution is -2.39. The maximum absolute atomic E-state index is 11.9. The first-order valence-electron chi connectivity index (χ1n) is 8.25. The summed E-state index contributed by atoms with van der Waals surface area (Å²) in [6.07, 6.45) is 3.59. The molecular weight excluding hydrogens is 328 g/mol. The van der Waals surface area contributed by atoms with Crippen molar-refractivity contribution < 1.29 is 13.9 Å². The molecule has 2 heterocycles. The zero-order valence-electron chi connectivity index (χ0n) is 13.7. The number of benzene rings is 1. The number of carbonyl (C=O) groups is 1. The summed E-state index contributed by atoms with van der Waals surface area (Å²) < 4.78 is 11.0. The van der Waals surface area contributed by atoms with E-state index in [0.29, 0.717) is 30.6 Å². The number of halogens is 1. The monoisotopic (exact) mass is 348 g/mol. The smallest absolute Gasteiger partial charge is 0.310 e. The van der Waals surface area contributed by atoms with Gasteiger partial charge in [-0.05, 0) is 50.6 Å². The zero-order chi connectivity index (χ0) is 16.9. The van der Waals surface area contributed by atoms with Gasteiger partial charge in [0.15, 0.2) is 5.76 Å². The van der Waals surface area contributed by atoms with Crippen LogP contribution in [0.15, 0.2) is 34.9 Å². The van der Waals surface area contributed by atoms with Crippen molar-refractivity contribution in [1.29, 1.82) is 0 Å². The van der Waals surface area contributed by atoms with Crippen LogP contribution in [0.5, 0.6) is 0 Å². The maximum atomic E-state index is 11.9. The molecule has 0 radical (unpaired) electrons. The Morgan fingerprint density at radius 3 is 2.96 bits per heavy atom. The van der Waals surface area contributed by atoms with Crippen molar-refractivity contribution in [2.75, 3.05) is 19.7 Å². The van der Waals surface area contributed by atoms with Crippen molar-refractivity contribution >= 4 is 17.6 Å². The minimum Gasteiger partial charge on any atom is -0.466 e. The Labute approximate surface area is 146 Å². The van der Waals surface area contributed by atoms with Gasteiger partial charge in [0.1, 0.15) is 0 Å². The van der Waals surface area contributed by atoms with Crippen LogP contribution in [0.2, 0.25) is 5.02 Å². The Bertz CT molecular complexity index is 684. The van der Waals surface area contributed by atoms with Gasteiger partial charge in [-0.15, -0.1) is 0 Å². The standard InChI is InChI=1S/C18H21ClN2O3/c1-2-23-18(22)14-4-3-9-21(11-14)12-17-20-10-16(24-17)13-5-7-15(19)8-6-13/h5-8,10,14H,2-4,9,11-12H2,1H3. The summed E-state index contributed by atoms with van der Waals surface area (Å²) in [5, 5.41) is 0.691. The van der Waals surface area contributed by atoms with Crippen LogP contribution in [0.4, 0.5) is 0 Å². The van der Waals surface area contributed by atoms with E-state index in [9.17, 15) is 4.79 Å². The lowest BCUT2D eigenvalue weighted by Gasteiger charge is -2.30. The van der Waals surface area contributed by atoms with Crippen LogP contribution >= 0.6 is 11.6 Å². The lowest BCUT2D eigenvalue weighted by molar-refractivity contribution is -0.150. The molecule has 6 heteroatoms. The van der Waals surface area contributed by atoms with Crippen LogP contribution in [0.3, 0.4) is 0 Å². The van der Waals surface area contributed by atoms with Crippen molar-refractivity contribution in [2.24, 2.45) is 5.92 Å². The number of hydrogen-bond acceptors (Lipinski definition) is 5. The summed E-state index contributed by atoms with van der Waals surface area (Å²) in [7, 11) is 0. The molecule has 0 aliphatic carbocycles. The van der Waals surface area contributed by atoms with Gasteiger partial charge in [0.25, 0.3) is 0 Å². The van der Waals surface area contributed by atoms with Gasteiger partial charge in [-0.2, -0.15) is 0 Å². The summed E-state index contributed by atoms with van der Waals surface area (Å²) in [6, 6.07) is 7.47. The molecule has 1 aliphatic rings. The van der Waals surface area contributed by atoms with Gasteiger partial charge in [-0.1, -0.05) is 11.6 Å². The predicted octanol–water partition coefficient (Wildman–Crippen LogP) is 3.77. The molecule has 2 aromatic rings. The number of hydrogen-bond donors (Lipinski definition) is 0. The summed E-state index contributed by atoms with van der Waals surface area (Å²) >= 11 is 5.90. The van der Waals surface area contributed by atoms with Crippen LogP contribution in [0.1, 0.15) is 25.7 Å². The summed E-state index contributed by atoms with van der Waals surface area (Å²) in [5.41, 5.74) is 0.946. The molecule has 24 heavy (non-hydrogen) atoms. The van der Waals surface area contributed by atoms with Gasteiger partial charge >= 0.3 is 5.97 Å². The van der Waals surface area contributed by atoms with Gasteiger partial charge in [-0.3, -0.25) is 9.69 Å². The summed E-state index contributed by atoms with van der Waals surface area (Å²) in [6.45, 7) is 4.50. The van der Waals surface area contributed by atoms with E-state index in [2.05, 4.69) is 9.88 Å². The fourth-order valence-electron chi connectivity index (χ4n) is 2.97. The minimum atomic E-state index is -0.101. The van der Waals surface area contributed by atoms with E-state index < -0.39 is 0 Å². The molecule has 1 atom stereocenters. The number of ether oxygens (including phenoxy) is 1. The van der Waals surface area contributed by atoms with Gasteiger partial charge in [-0.25, -0.2) is 4.98 Å². The van der Waals surface area contributed by atoms with Gasteiger partial charge in [0.2, 0.25) is 5.89 Å². The quantitative estimate of drug-likeness (QED) is 0.770. The van der Waals surface area contributed by atoms with Crippen LogP contribution in [-0.4, -0.2) is 35.5 Å². The first kappa shape index (κ1) is 17.0. The SMILES string of the molecule is CCOC(=O)C1CCCN(Cc2ncc(-c3ccc(Cl)cc3)o2)C1. The highest BCUT2D eigenvalue weighted by Gasteiger charge is 2.27. The largest absolute Gasteiger partial charge is 0.466 e. The Hall–Kier alpha value is -1.85. The number of carbonyl (C=O) groups excluding carboxylic acids is 1. The second-order valence-corrected chi connectivity index (χ2v) is 6.39. The second kappa shape index (κ2) is 7.81. The van der Waals surface area contributed by atoms with Crippen LogP contribution in [0.25, 0.3) is 11.3 Å². The zero-order valence-corrected chi connectivity index (χ0v) is 14.5. The number of rotatable bonds is 5.